The Morgan fingerprint density at radius 3 is 1.19 bits per heavy atom. The molecule has 21 heteroatoms. The summed E-state index contributed by atoms with van der Waals surface area (Å²) < 4.78 is 49.7. The summed E-state index contributed by atoms with van der Waals surface area (Å²) in [6, 6.07) is 11.1. The van der Waals surface area contributed by atoms with Crippen molar-refractivity contribution in [3.8, 4) is 0 Å². The van der Waals surface area contributed by atoms with Crippen LogP contribution in [0.1, 0.15) is 83.1 Å². The predicted molar refractivity (Wildman–Crippen MR) is 286 cm³/mol. The molecule has 0 saturated carbocycles. The Hall–Kier alpha value is -2.27. The Kier molecular flexibility index (Phi) is 20.2. The molecule has 3 aromatic heterocycles. The van der Waals surface area contributed by atoms with E-state index >= 15 is 0 Å². The lowest BCUT2D eigenvalue weighted by molar-refractivity contribution is 0.00578. The molecule has 9 rings (SSSR count). The van der Waals surface area contributed by atoms with Crippen LogP contribution < -0.4 is 20.6 Å². The van der Waals surface area contributed by atoms with Gasteiger partial charge in [-0.05, 0) is 166 Å². The molecule has 1 N–H and O–H groups in total. The van der Waals surface area contributed by atoms with Crippen LogP contribution in [0.4, 0.5) is 16.0 Å². The normalized spacial score (nSPS) is 23.7. The highest BCUT2D eigenvalue weighted by atomic mass is 79.9. The molecule has 0 radical (unpaired) electrons. The van der Waals surface area contributed by atoms with Gasteiger partial charge in [0.25, 0.3) is 0 Å². The number of piperazine rings is 3. The number of rotatable bonds is 4. The molecule has 0 unspecified atom stereocenters. The van der Waals surface area contributed by atoms with Crippen molar-refractivity contribution in [3.05, 3.63) is 69.9 Å². The second-order valence-corrected chi connectivity index (χ2v) is 23.3. The monoisotopic (exact) mass is 1090 g/mol. The average Bonchev–Trinajstić information content (AvgIpc) is 3.76. The zero-order valence-corrected chi connectivity index (χ0v) is 47.2. The van der Waals surface area contributed by atoms with E-state index in [1.54, 1.807) is 6.07 Å². The van der Waals surface area contributed by atoms with E-state index in [-0.39, 0.29) is 46.5 Å². The van der Waals surface area contributed by atoms with E-state index in [0.717, 1.165) is 93.2 Å². The van der Waals surface area contributed by atoms with E-state index in [1.807, 2.05) is 73.8 Å². The molecule has 6 saturated heterocycles. The maximum atomic E-state index is 12.0. The quantitative estimate of drug-likeness (QED) is 0.227. The fourth-order valence-electron chi connectivity index (χ4n) is 7.46. The molecule has 15 nitrogen and oxygen atoms in total. The Balaban J connectivity index is 0.000000170. The Morgan fingerprint density at radius 1 is 0.478 bits per heavy atom. The van der Waals surface area contributed by atoms with Gasteiger partial charge in [-0.25, -0.2) is 19.3 Å². The molecule has 6 aliphatic rings. The molecule has 69 heavy (non-hydrogen) atoms. The van der Waals surface area contributed by atoms with Crippen LogP contribution in [0.5, 0.6) is 0 Å². The highest BCUT2D eigenvalue weighted by Crippen LogP contribution is 2.43. The van der Waals surface area contributed by atoms with Crippen molar-refractivity contribution >= 4 is 70.1 Å². The summed E-state index contributed by atoms with van der Waals surface area (Å²) in [7, 11) is 5.19. The van der Waals surface area contributed by atoms with Gasteiger partial charge in [0, 0.05) is 101 Å². The predicted octanol–water partition coefficient (Wildman–Crippen LogP) is 6.48. The number of aromatic nitrogens is 3. The smallest absolute Gasteiger partial charge is 0.405 e. The number of hydrogen-bond donors (Lipinski definition) is 1. The van der Waals surface area contributed by atoms with Crippen LogP contribution in [-0.4, -0.2) is 184 Å². The fraction of sp³-hybridized carbons (Fsp3) is 0.688. The largest absolute Gasteiger partial charge is 0.496 e. The molecule has 6 aliphatic heterocycles. The van der Waals surface area contributed by atoms with Crippen molar-refractivity contribution < 1.29 is 32.3 Å². The minimum absolute atomic E-state index is 0.312. The van der Waals surface area contributed by atoms with E-state index < -0.39 is 14.0 Å². The highest BCUT2D eigenvalue weighted by Gasteiger charge is 2.63. The fourth-order valence-corrected chi connectivity index (χ4v) is 7.93. The van der Waals surface area contributed by atoms with Gasteiger partial charge < -0.3 is 57.7 Å². The van der Waals surface area contributed by atoms with Gasteiger partial charge in [0.1, 0.15) is 22.1 Å². The summed E-state index contributed by atoms with van der Waals surface area (Å²) in [6.45, 7) is 37.8. The Bertz CT molecular complexity index is 1920. The lowest BCUT2D eigenvalue weighted by atomic mass is 9.49. The third kappa shape index (κ3) is 16.1. The molecular formula is C48H79B3Br2FN9O6. The van der Waals surface area contributed by atoms with Gasteiger partial charge in [0.15, 0.2) is 0 Å². The third-order valence-electron chi connectivity index (χ3n) is 14.5. The van der Waals surface area contributed by atoms with Crippen molar-refractivity contribution in [1.82, 2.24) is 35.0 Å². The topological polar surface area (TPSA) is 122 Å². The van der Waals surface area contributed by atoms with E-state index in [1.165, 1.54) is 19.2 Å². The third-order valence-corrected chi connectivity index (χ3v) is 15.4. The zero-order chi connectivity index (χ0) is 51.0. The van der Waals surface area contributed by atoms with E-state index in [9.17, 15) is 4.39 Å². The van der Waals surface area contributed by atoms with Gasteiger partial charge in [-0.2, -0.15) is 0 Å². The van der Waals surface area contributed by atoms with Crippen LogP contribution in [0.25, 0.3) is 0 Å². The number of halogens is 3. The minimum Gasteiger partial charge on any atom is -0.405 e. The van der Waals surface area contributed by atoms with Crippen molar-refractivity contribution in [3.63, 3.8) is 0 Å². The van der Waals surface area contributed by atoms with E-state index in [0.29, 0.717) is 4.60 Å². The first-order valence-electron chi connectivity index (χ1n) is 24.3. The summed E-state index contributed by atoms with van der Waals surface area (Å²) in [5, 5.41) is 3.27. The molecule has 0 spiro atoms. The summed E-state index contributed by atoms with van der Waals surface area (Å²) in [6.07, 6.45) is 4.90. The van der Waals surface area contributed by atoms with Crippen LogP contribution in [0.15, 0.2) is 64.1 Å². The van der Waals surface area contributed by atoms with Gasteiger partial charge >= 0.3 is 21.1 Å². The number of likely N-dealkylation sites (N-methyl/N-ethyl adjacent to an activating group) is 3. The zero-order valence-electron chi connectivity index (χ0n) is 44.1. The Labute approximate surface area is 431 Å². The number of nitrogens with one attached hydrogen (secondary N) is 1. The lowest BCUT2D eigenvalue weighted by Crippen LogP contribution is -2.45. The van der Waals surface area contributed by atoms with E-state index in [4.69, 9.17) is 27.9 Å². The van der Waals surface area contributed by atoms with Gasteiger partial charge in [-0.1, -0.05) is 6.07 Å². The minimum atomic E-state index is -0.476. The summed E-state index contributed by atoms with van der Waals surface area (Å²) in [5.74, 6) is 1.81. The number of hydrogen-bond acceptors (Lipinski definition) is 15. The van der Waals surface area contributed by atoms with Crippen LogP contribution >= 0.6 is 31.9 Å². The number of anilines is 2. The van der Waals surface area contributed by atoms with Crippen molar-refractivity contribution in [1.29, 1.82) is 0 Å². The van der Waals surface area contributed by atoms with Crippen LogP contribution in [-0.2, 0) is 27.9 Å². The Morgan fingerprint density at radius 2 is 0.870 bits per heavy atom. The highest BCUT2D eigenvalue weighted by molar-refractivity contribution is 9.10. The molecular weight excluding hydrogens is 1010 g/mol. The van der Waals surface area contributed by atoms with Gasteiger partial charge in [0.05, 0.1) is 39.8 Å². The maximum absolute atomic E-state index is 12.0. The molecule has 0 aromatic carbocycles. The van der Waals surface area contributed by atoms with E-state index in [2.05, 4.69) is 144 Å². The molecule has 0 bridgehead atoms. The first-order chi connectivity index (χ1) is 32.1. The first kappa shape index (κ1) is 57.6. The van der Waals surface area contributed by atoms with Crippen molar-refractivity contribution in [2.24, 2.45) is 0 Å². The second kappa shape index (κ2) is 24.2. The first-order valence-corrected chi connectivity index (χ1v) is 25.9. The van der Waals surface area contributed by atoms with Crippen molar-refractivity contribution in [2.45, 2.75) is 117 Å². The molecule has 6 fully saturated rings. The lowest BCUT2D eigenvalue weighted by Gasteiger charge is -2.33. The SMILES string of the molecule is CC1(C)OB(B2OC(C)(C)C(C)(C)O2)OC1(C)C.CN1CCN(c2ccc(B3OC(C)(C)C(C)(C)O3)cn2)CC1.CN1CCN(c2ccc(Br)cn2)CC1.CN1CCNCC1.Fc1ccc(Br)nc1. The molecule has 0 atom stereocenters. The molecule has 3 aromatic rings. The van der Waals surface area contributed by atoms with Gasteiger partial charge in [-0.15, -0.1) is 0 Å². The van der Waals surface area contributed by atoms with Crippen molar-refractivity contribution in [2.75, 3.05) is 109 Å². The molecule has 0 amide bonds. The average molecular weight is 1090 g/mol. The summed E-state index contributed by atoms with van der Waals surface area (Å²) >= 11 is 6.46. The standard InChI is InChI=1S/C16H26BN3O2.C12H24B2O4.C10H14BrN3.C5H3BrFN.C5H12N2/c1-15(2)16(3,4)22-17(21-15)13-6-7-14(18-12-13)20-10-8-19(5)9-11-20;1-9(2)10(3,4)16-13(15-9)14-17-11(5,6)12(7,8)18-14;1-13-4-6-14(7-5-13)10-3-2-9(11)8-12-10;6-5-2-1-4(7)3-8-5;1-7-4-2-6-3-5-7/h6-7,12H,8-11H2,1-5H3;1-8H3;2-3,8H,4-7H2,1H3;1-3H;6H,2-5H2,1H3. The van der Waals surface area contributed by atoms with Crippen LogP contribution in [0.3, 0.4) is 0 Å². The van der Waals surface area contributed by atoms with Gasteiger partial charge in [-0.3, -0.25) is 0 Å². The molecule has 9 heterocycles. The second-order valence-electron chi connectivity index (χ2n) is 21.6. The maximum Gasteiger partial charge on any atom is 0.496 e. The van der Waals surface area contributed by atoms with Gasteiger partial charge in [0.2, 0.25) is 0 Å². The summed E-state index contributed by atoms with van der Waals surface area (Å²) in [4.78, 5) is 24.3. The van der Waals surface area contributed by atoms with Crippen LogP contribution in [0, 0.1) is 5.82 Å². The molecule has 382 valence electrons. The summed E-state index contributed by atoms with van der Waals surface area (Å²) in [5.41, 5.74) is -1.08. The number of nitrogens with zero attached hydrogens (tertiary/aromatic N) is 8. The molecule has 0 aliphatic carbocycles. The van der Waals surface area contributed by atoms with Crippen LogP contribution in [0.2, 0.25) is 0 Å². The number of pyridine rings is 3.